The van der Waals surface area contributed by atoms with Crippen LogP contribution in [0.15, 0.2) is 12.1 Å². The number of unbranched alkanes of at least 4 members (excludes halogenated alkanes) is 5. The first-order chi connectivity index (χ1) is 12.0. The van der Waals surface area contributed by atoms with Gasteiger partial charge in [-0.05, 0) is 29.4 Å². The molecule has 0 atom stereocenters. The first kappa shape index (κ1) is 22.5. The Balaban J connectivity index is 2.86. The SMILES string of the molecule is CCCCCCCCNC(=O)c1cc(C(C)(C)C)c(O)c(C(C)(C)C)c1. The fourth-order valence-corrected chi connectivity index (χ4v) is 3.12. The standard InChI is InChI=1S/C23H39NO2/c1-8-9-10-11-12-13-14-24-21(26)17-15-18(22(2,3)4)20(25)19(16-17)23(5,6)7/h15-16,25H,8-14H2,1-7H3,(H,24,26). The highest BCUT2D eigenvalue weighted by Gasteiger charge is 2.27. The smallest absolute Gasteiger partial charge is 0.251 e. The minimum absolute atomic E-state index is 0.0467. The summed E-state index contributed by atoms with van der Waals surface area (Å²) in [4.78, 5) is 12.7. The Labute approximate surface area is 160 Å². The molecule has 2 N–H and O–H groups in total. The number of hydrogen-bond acceptors (Lipinski definition) is 2. The molecule has 0 aliphatic heterocycles. The van der Waals surface area contributed by atoms with Crippen LogP contribution in [0.5, 0.6) is 5.75 Å². The van der Waals surface area contributed by atoms with E-state index in [1.54, 1.807) is 0 Å². The molecule has 1 rings (SSSR count). The van der Waals surface area contributed by atoms with Gasteiger partial charge >= 0.3 is 0 Å². The van der Waals surface area contributed by atoms with Gasteiger partial charge in [0.15, 0.2) is 0 Å². The highest BCUT2D eigenvalue weighted by Crippen LogP contribution is 2.39. The number of phenolic OH excluding ortho intramolecular Hbond substituents is 1. The van der Waals surface area contributed by atoms with Gasteiger partial charge in [-0.25, -0.2) is 0 Å². The number of nitrogens with one attached hydrogen (secondary N) is 1. The number of benzene rings is 1. The Morgan fingerprint density at radius 1 is 0.885 bits per heavy atom. The summed E-state index contributed by atoms with van der Waals surface area (Å²) in [6, 6.07) is 3.70. The van der Waals surface area contributed by atoms with Crippen LogP contribution in [0.2, 0.25) is 0 Å². The lowest BCUT2D eigenvalue weighted by Gasteiger charge is -2.28. The lowest BCUT2D eigenvalue weighted by atomic mass is 9.78. The molecule has 148 valence electrons. The van der Waals surface area contributed by atoms with E-state index in [0.29, 0.717) is 17.9 Å². The number of hydrogen-bond donors (Lipinski definition) is 2. The van der Waals surface area contributed by atoms with E-state index < -0.39 is 0 Å². The number of amides is 1. The molecule has 0 bridgehead atoms. The van der Waals surface area contributed by atoms with E-state index in [0.717, 1.165) is 24.0 Å². The quantitative estimate of drug-likeness (QED) is 0.551. The van der Waals surface area contributed by atoms with Gasteiger partial charge in [0, 0.05) is 23.2 Å². The van der Waals surface area contributed by atoms with Gasteiger partial charge in [-0.1, -0.05) is 80.6 Å². The van der Waals surface area contributed by atoms with E-state index in [2.05, 4.69) is 53.8 Å². The maximum Gasteiger partial charge on any atom is 0.251 e. The van der Waals surface area contributed by atoms with E-state index >= 15 is 0 Å². The van der Waals surface area contributed by atoms with Gasteiger partial charge in [0.25, 0.3) is 5.91 Å². The third kappa shape index (κ3) is 6.66. The van der Waals surface area contributed by atoms with Crippen LogP contribution in [0.25, 0.3) is 0 Å². The summed E-state index contributed by atoms with van der Waals surface area (Å²) in [5, 5.41) is 13.8. The summed E-state index contributed by atoms with van der Waals surface area (Å²) in [6.45, 7) is 15.3. The van der Waals surface area contributed by atoms with Gasteiger partial charge in [0.2, 0.25) is 0 Å². The highest BCUT2D eigenvalue weighted by molar-refractivity contribution is 5.95. The Morgan fingerprint density at radius 3 is 1.81 bits per heavy atom. The number of rotatable bonds is 8. The fourth-order valence-electron chi connectivity index (χ4n) is 3.12. The molecule has 0 aliphatic rings. The lowest BCUT2D eigenvalue weighted by molar-refractivity contribution is 0.0952. The molecule has 1 aromatic rings. The molecule has 0 saturated heterocycles. The summed E-state index contributed by atoms with van der Waals surface area (Å²) < 4.78 is 0. The molecule has 3 heteroatoms. The summed E-state index contributed by atoms with van der Waals surface area (Å²) in [6.07, 6.45) is 7.26. The van der Waals surface area contributed by atoms with E-state index in [1.165, 1.54) is 25.7 Å². The first-order valence-electron chi connectivity index (χ1n) is 10.1. The van der Waals surface area contributed by atoms with Crippen LogP contribution in [-0.2, 0) is 10.8 Å². The van der Waals surface area contributed by atoms with E-state index in [9.17, 15) is 9.90 Å². The zero-order chi connectivity index (χ0) is 20.0. The summed E-state index contributed by atoms with van der Waals surface area (Å²) in [5.41, 5.74) is 1.85. The Kier molecular flexibility index (Phi) is 8.17. The Morgan fingerprint density at radius 2 is 1.35 bits per heavy atom. The monoisotopic (exact) mass is 361 g/mol. The van der Waals surface area contributed by atoms with Crippen molar-refractivity contribution in [2.75, 3.05) is 6.54 Å². The second kappa shape index (κ2) is 9.43. The summed E-state index contributed by atoms with van der Waals surface area (Å²) >= 11 is 0. The predicted molar refractivity (Wildman–Crippen MR) is 111 cm³/mol. The second-order valence-electron chi connectivity index (χ2n) is 9.44. The van der Waals surface area contributed by atoms with Gasteiger partial charge in [-0.2, -0.15) is 0 Å². The second-order valence-corrected chi connectivity index (χ2v) is 9.44. The van der Waals surface area contributed by atoms with Gasteiger partial charge in [0.1, 0.15) is 5.75 Å². The van der Waals surface area contributed by atoms with Gasteiger partial charge in [-0.15, -0.1) is 0 Å². The largest absolute Gasteiger partial charge is 0.507 e. The zero-order valence-electron chi connectivity index (χ0n) is 18.0. The molecule has 0 heterocycles. The van der Waals surface area contributed by atoms with Crippen molar-refractivity contribution in [3.05, 3.63) is 28.8 Å². The minimum atomic E-state index is -0.223. The molecule has 0 aliphatic carbocycles. The fraction of sp³-hybridized carbons (Fsp3) is 0.696. The van der Waals surface area contributed by atoms with Crippen LogP contribution >= 0.6 is 0 Å². The molecule has 0 radical (unpaired) electrons. The van der Waals surface area contributed by atoms with Crippen molar-refractivity contribution < 1.29 is 9.90 Å². The van der Waals surface area contributed by atoms with Crippen LogP contribution in [0, 0.1) is 0 Å². The zero-order valence-corrected chi connectivity index (χ0v) is 18.0. The number of phenols is 1. The van der Waals surface area contributed by atoms with Crippen molar-refractivity contribution in [2.45, 2.75) is 97.8 Å². The Hall–Kier alpha value is -1.51. The average Bonchev–Trinajstić information content (AvgIpc) is 2.51. The van der Waals surface area contributed by atoms with Crippen molar-refractivity contribution in [2.24, 2.45) is 0 Å². The average molecular weight is 362 g/mol. The van der Waals surface area contributed by atoms with E-state index in [1.807, 2.05) is 12.1 Å². The topological polar surface area (TPSA) is 49.3 Å². The molecule has 1 aromatic carbocycles. The molecule has 1 amide bonds. The van der Waals surface area contributed by atoms with Gasteiger partial charge < -0.3 is 10.4 Å². The minimum Gasteiger partial charge on any atom is -0.507 e. The third-order valence-corrected chi connectivity index (χ3v) is 4.80. The Bertz CT molecular complexity index is 556. The predicted octanol–water partition coefficient (Wildman–Crippen LogP) is 6.08. The summed E-state index contributed by atoms with van der Waals surface area (Å²) in [5.74, 6) is 0.270. The number of carbonyl (C=O) groups excluding carboxylic acids is 1. The van der Waals surface area contributed by atoms with Crippen LogP contribution in [-0.4, -0.2) is 17.6 Å². The summed E-state index contributed by atoms with van der Waals surface area (Å²) in [7, 11) is 0. The van der Waals surface area contributed by atoms with Crippen molar-refractivity contribution >= 4 is 5.91 Å². The van der Waals surface area contributed by atoms with Crippen LogP contribution in [0.1, 0.15) is 108 Å². The molecule has 0 saturated carbocycles. The van der Waals surface area contributed by atoms with E-state index in [4.69, 9.17) is 0 Å². The maximum atomic E-state index is 12.7. The molecule has 0 fully saturated rings. The number of carbonyl (C=O) groups is 1. The molecule has 0 spiro atoms. The first-order valence-corrected chi connectivity index (χ1v) is 10.1. The molecule has 26 heavy (non-hydrogen) atoms. The van der Waals surface area contributed by atoms with Crippen molar-refractivity contribution in [1.82, 2.24) is 5.32 Å². The molecule has 0 unspecified atom stereocenters. The number of aromatic hydroxyl groups is 1. The van der Waals surface area contributed by atoms with Crippen molar-refractivity contribution in [1.29, 1.82) is 0 Å². The molecule has 3 nitrogen and oxygen atoms in total. The maximum absolute atomic E-state index is 12.7. The lowest BCUT2D eigenvalue weighted by Crippen LogP contribution is -2.26. The van der Waals surface area contributed by atoms with Crippen molar-refractivity contribution in [3.8, 4) is 5.75 Å². The van der Waals surface area contributed by atoms with Gasteiger partial charge in [0.05, 0.1) is 0 Å². The third-order valence-electron chi connectivity index (χ3n) is 4.80. The van der Waals surface area contributed by atoms with Crippen molar-refractivity contribution in [3.63, 3.8) is 0 Å². The van der Waals surface area contributed by atoms with Gasteiger partial charge in [-0.3, -0.25) is 4.79 Å². The molecular weight excluding hydrogens is 322 g/mol. The van der Waals surface area contributed by atoms with Crippen LogP contribution < -0.4 is 5.32 Å². The van der Waals surface area contributed by atoms with Crippen LogP contribution in [0.3, 0.4) is 0 Å². The normalized spacial score (nSPS) is 12.3. The highest BCUT2D eigenvalue weighted by atomic mass is 16.3. The van der Waals surface area contributed by atoms with Crippen LogP contribution in [0.4, 0.5) is 0 Å². The molecular formula is C23H39NO2. The molecule has 0 aromatic heterocycles. The van der Waals surface area contributed by atoms with E-state index in [-0.39, 0.29) is 16.7 Å².